The fourth-order valence-electron chi connectivity index (χ4n) is 2.28. The summed E-state index contributed by atoms with van der Waals surface area (Å²) in [5.74, 6) is 0.958. The van der Waals surface area contributed by atoms with E-state index in [0.717, 1.165) is 29.9 Å². The van der Waals surface area contributed by atoms with Crippen LogP contribution in [0.1, 0.15) is 24.2 Å². The van der Waals surface area contributed by atoms with Crippen LogP contribution in [0, 0.1) is 0 Å². The van der Waals surface area contributed by atoms with Gasteiger partial charge in [0.25, 0.3) is 0 Å². The molecule has 0 aliphatic heterocycles. The fourth-order valence-corrected chi connectivity index (χ4v) is 2.28. The number of aromatic amines is 1. The third-order valence-electron chi connectivity index (χ3n) is 3.11. The molecule has 0 bridgehead atoms. The van der Waals surface area contributed by atoms with Crippen LogP contribution < -0.4 is 5.73 Å². The molecule has 0 atom stereocenters. The Morgan fingerprint density at radius 2 is 2.06 bits per heavy atom. The number of nitrogens with two attached hydrogens (primary N) is 1. The number of rotatable bonds is 1. The van der Waals surface area contributed by atoms with Crippen molar-refractivity contribution in [3.05, 3.63) is 35.7 Å². The van der Waals surface area contributed by atoms with Crippen LogP contribution in [0.25, 0.3) is 11.4 Å². The zero-order chi connectivity index (χ0) is 11.0. The maximum atomic E-state index is 5.78. The molecular weight excluding hydrogens is 198 g/mol. The van der Waals surface area contributed by atoms with Gasteiger partial charge in [-0.25, -0.2) is 4.98 Å². The lowest BCUT2D eigenvalue weighted by Gasteiger charge is -2.07. The third-order valence-corrected chi connectivity index (χ3v) is 3.11. The molecule has 1 aromatic carbocycles. The number of H-pyrrole nitrogens is 1. The summed E-state index contributed by atoms with van der Waals surface area (Å²) in [7, 11) is 0. The van der Waals surface area contributed by atoms with Crippen molar-refractivity contribution in [3.63, 3.8) is 0 Å². The zero-order valence-electron chi connectivity index (χ0n) is 9.16. The zero-order valence-corrected chi connectivity index (χ0v) is 9.16. The molecule has 1 heterocycles. The second-order valence-electron chi connectivity index (χ2n) is 4.34. The van der Waals surface area contributed by atoms with Gasteiger partial charge in [0.15, 0.2) is 0 Å². The van der Waals surface area contributed by atoms with E-state index in [1.54, 1.807) is 0 Å². The average molecular weight is 213 g/mol. The molecule has 3 nitrogen and oxygen atoms in total. The highest BCUT2D eigenvalue weighted by Crippen LogP contribution is 2.24. The Kier molecular flexibility index (Phi) is 2.17. The number of aromatic nitrogens is 2. The Labute approximate surface area is 94.7 Å². The number of nitrogens with one attached hydrogen (secondary N) is 1. The number of anilines is 1. The van der Waals surface area contributed by atoms with Crippen LogP contribution in [-0.2, 0) is 12.8 Å². The number of hydrogen-bond donors (Lipinski definition) is 2. The van der Waals surface area contributed by atoms with Gasteiger partial charge in [-0.05, 0) is 37.8 Å². The van der Waals surface area contributed by atoms with E-state index in [4.69, 9.17) is 5.73 Å². The predicted octanol–water partition coefficient (Wildman–Crippen LogP) is 2.54. The van der Waals surface area contributed by atoms with E-state index in [1.807, 2.05) is 24.3 Å². The van der Waals surface area contributed by atoms with Crippen LogP contribution in [-0.4, -0.2) is 9.97 Å². The van der Waals surface area contributed by atoms with E-state index in [2.05, 4.69) is 9.97 Å². The fraction of sp³-hybridized carbons (Fsp3) is 0.308. The van der Waals surface area contributed by atoms with E-state index in [9.17, 15) is 0 Å². The molecule has 0 fully saturated rings. The molecule has 1 aliphatic carbocycles. The van der Waals surface area contributed by atoms with Crippen LogP contribution in [0.5, 0.6) is 0 Å². The quantitative estimate of drug-likeness (QED) is 0.715. The monoisotopic (exact) mass is 213 g/mol. The van der Waals surface area contributed by atoms with Crippen molar-refractivity contribution in [1.29, 1.82) is 0 Å². The van der Waals surface area contributed by atoms with Crippen molar-refractivity contribution in [2.45, 2.75) is 25.7 Å². The molecule has 2 aromatic rings. The summed E-state index contributed by atoms with van der Waals surface area (Å²) in [4.78, 5) is 8.06. The molecular formula is C13H15N3. The van der Waals surface area contributed by atoms with Crippen LogP contribution in [0.2, 0.25) is 0 Å². The number of imidazole rings is 1. The highest BCUT2D eigenvalue weighted by atomic mass is 14.9. The summed E-state index contributed by atoms with van der Waals surface area (Å²) in [6.45, 7) is 0. The lowest BCUT2D eigenvalue weighted by atomic mass is 10.0. The maximum absolute atomic E-state index is 5.78. The number of benzene rings is 1. The number of aryl methyl sites for hydroxylation is 2. The van der Waals surface area contributed by atoms with Gasteiger partial charge in [0.05, 0.1) is 5.69 Å². The smallest absolute Gasteiger partial charge is 0.137 e. The molecule has 0 unspecified atom stereocenters. The van der Waals surface area contributed by atoms with Crippen LogP contribution in [0.4, 0.5) is 5.69 Å². The van der Waals surface area contributed by atoms with Gasteiger partial charge in [0.1, 0.15) is 5.82 Å². The molecule has 0 saturated heterocycles. The Balaban J connectivity index is 2.03. The minimum Gasteiger partial charge on any atom is -0.399 e. The second-order valence-corrected chi connectivity index (χ2v) is 4.34. The summed E-state index contributed by atoms with van der Waals surface area (Å²) in [6.07, 6.45) is 4.76. The first-order valence-electron chi connectivity index (χ1n) is 5.76. The Morgan fingerprint density at radius 1 is 1.19 bits per heavy atom. The summed E-state index contributed by atoms with van der Waals surface area (Å²) >= 11 is 0. The van der Waals surface area contributed by atoms with Gasteiger partial charge in [-0.3, -0.25) is 0 Å². The van der Waals surface area contributed by atoms with E-state index in [0.29, 0.717) is 0 Å². The van der Waals surface area contributed by atoms with Gasteiger partial charge < -0.3 is 10.7 Å². The molecule has 3 rings (SSSR count). The van der Waals surface area contributed by atoms with Gasteiger partial charge in [-0.1, -0.05) is 12.1 Å². The molecule has 0 saturated carbocycles. The summed E-state index contributed by atoms with van der Waals surface area (Å²) < 4.78 is 0. The van der Waals surface area contributed by atoms with E-state index >= 15 is 0 Å². The Bertz CT molecular complexity index is 490. The predicted molar refractivity (Wildman–Crippen MR) is 65.1 cm³/mol. The lowest BCUT2D eigenvalue weighted by Crippen LogP contribution is -2.00. The van der Waals surface area contributed by atoms with E-state index in [1.165, 1.54) is 24.2 Å². The molecule has 16 heavy (non-hydrogen) atoms. The van der Waals surface area contributed by atoms with Gasteiger partial charge >= 0.3 is 0 Å². The molecule has 0 radical (unpaired) electrons. The molecule has 3 N–H and O–H groups in total. The maximum Gasteiger partial charge on any atom is 0.137 e. The summed E-state index contributed by atoms with van der Waals surface area (Å²) in [5.41, 5.74) is 10.2. The van der Waals surface area contributed by atoms with Crippen molar-refractivity contribution >= 4 is 5.69 Å². The minimum atomic E-state index is 0.784. The minimum absolute atomic E-state index is 0.784. The Morgan fingerprint density at radius 3 is 2.88 bits per heavy atom. The van der Waals surface area contributed by atoms with Gasteiger partial charge in [0, 0.05) is 16.9 Å². The largest absolute Gasteiger partial charge is 0.399 e. The van der Waals surface area contributed by atoms with Crippen LogP contribution in [0.3, 0.4) is 0 Å². The number of nitrogens with zero attached hydrogens (tertiary/aromatic N) is 1. The lowest BCUT2D eigenvalue weighted by molar-refractivity contribution is 0.667. The van der Waals surface area contributed by atoms with Crippen molar-refractivity contribution in [2.24, 2.45) is 0 Å². The average Bonchev–Trinajstić information content (AvgIpc) is 2.72. The van der Waals surface area contributed by atoms with Crippen molar-refractivity contribution < 1.29 is 0 Å². The van der Waals surface area contributed by atoms with E-state index in [-0.39, 0.29) is 0 Å². The normalized spacial score (nSPS) is 14.8. The second kappa shape index (κ2) is 3.67. The van der Waals surface area contributed by atoms with Crippen molar-refractivity contribution in [3.8, 4) is 11.4 Å². The molecule has 0 amide bonds. The number of nitrogen functional groups attached to an aromatic ring is 1. The van der Waals surface area contributed by atoms with Crippen molar-refractivity contribution in [1.82, 2.24) is 9.97 Å². The van der Waals surface area contributed by atoms with Crippen LogP contribution in [0.15, 0.2) is 24.3 Å². The number of hydrogen-bond acceptors (Lipinski definition) is 2. The molecule has 1 aliphatic rings. The number of fused-ring (bicyclic) bond motifs is 1. The van der Waals surface area contributed by atoms with Gasteiger partial charge in [0.2, 0.25) is 0 Å². The first kappa shape index (κ1) is 9.46. The highest BCUT2D eigenvalue weighted by molar-refractivity contribution is 5.61. The van der Waals surface area contributed by atoms with Gasteiger partial charge in [-0.2, -0.15) is 0 Å². The Hall–Kier alpha value is -1.77. The van der Waals surface area contributed by atoms with Crippen molar-refractivity contribution in [2.75, 3.05) is 5.73 Å². The topological polar surface area (TPSA) is 54.7 Å². The standard InChI is InChI=1S/C13H15N3/c14-10-5-3-4-9(8-10)13-15-11-6-1-2-7-12(11)16-13/h3-5,8H,1-2,6-7,14H2,(H,15,16). The first-order valence-corrected chi connectivity index (χ1v) is 5.76. The molecule has 82 valence electrons. The molecule has 3 heteroatoms. The summed E-state index contributed by atoms with van der Waals surface area (Å²) in [5, 5.41) is 0. The van der Waals surface area contributed by atoms with Gasteiger partial charge in [-0.15, -0.1) is 0 Å². The third kappa shape index (κ3) is 1.58. The van der Waals surface area contributed by atoms with Crippen LogP contribution >= 0.6 is 0 Å². The summed E-state index contributed by atoms with van der Waals surface area (Å²) in [6, 6.07) is 7.86. The first-order chi connectivity index (χ1) is 7.83. The molecule has 1 aromatic heterocycles. The van der Waals surface area contributed by atoms with E-state index < -0.39 is 0 Å². The molecule has 0 spiro atoms. The highest BCUT2D eigenvalue weighted by Gasteiger charge is 2.14. The SMILES string of the molecule is Nc1cccc(-c2nc3c([nH]2)CCCC3)c1.